The van der Waals surface area contributed by atoms with Gasteiger partial charge in [0, 0.05) is 30.6 Å². The summed E-state index contributed by atoms with van der Waals surface area (Å²) in [6, 6.07) is 10.8. The summed E-state index contributed by atoms with van der Waals surface area (Å²) in [5.41, 5.74) is 5.12. The third-order valence-corrected chi connectivity index (χ3v) is 7.24. The van der Waals surface area contributed by atoms with Crippen LogP contribution in [0.15, 0.2) is 42.6 Å². The number of ether oxygens (including phenoxy) is 2. The number of carbonyl (C=O) groups excluding carboxylic acids is 1. The number of benzene rings is 2. The standard InChI is InChI=1S/C28H28ClFN2O3/c1-17-12-20(7-8-31-17)23-6-5-19(14-25(23)30)13-21-15-24-27(26(29)18(21)2)35-11-9-32(28(24)33)16-22-4-3-10-34-22/h5-8,12,14-15,22H,3-4,9-11,13,16H2,1-2H3. The second-order valence-electron chi connectivity index (χ2n) is 9.26. The van der Waals surface area contributed by atoms with Crippen molar-refractivity contribution in [2.45, 2.75) is 39.2 Å². The van der Waals surface area contributed by atoms with Crippen LogP contribution in [0.5, 0.6) is 5.75 Å². The number of amides is 1. The molecule has 5 nitrogen and oxygen atoms in total. The maximum Gasteiger partial charge on any atom is 0.257 e. The normalized spacial score (nSPS) is 17.8. The predicted molar refractivity (Wildman–Crippen MR) is 134 cm³/mol. The van der Waals surface area contributed by atoms with Crippen molar-refractivity contribution in [3.63, 3.8) is 0 Å². The summed E-state index contributed by atoms with van der Waals surface area (Å²) in [6.07, 6.45) is 4.17. The van der Waals surface area contributed by atoms with Gasteiger partial charge in [-0.15, -0.1) is 0 Å². The molecule has 35 heavy (non-hydrogen) atoms. The fraction of sp³-hybridized carbons (Fsp3) is 0.357. The van der Waals surface area contributed by atoms with Crippen LogP contribution in [-0.4, -0.2) is 48.2 Å². The number of rotatable bonds is 5. The van der Waals surface area contributed by atoms with Crippen molar-refractivity contribution in [3.05, 3.63) is 81.4 Å². The largest absolute Gasteiger partial charge is 0.489 e. The van der Waals surface area contributed by atoms with Gasteiger partial charge in [-0.25, -0.2) is 4.39 Å². The number of aromatic nitrogens is 1. The SMILES string of the molecule is Cc1cc(-c2ccc(Cc3cc4c(c(Cl)c3C)OCCN(CC3CCCO3)C4=O)cc2F)ccn1. The highest BCUT2D eigenvalue weighted by molar-refractivity contribution is 6.33. The molecule has 5 rings (SSSR count). The molecule has 0 saturated carbocycles. The van der Waals surface area contributed by atoms with E-state index < -0.39 is 0 Å². The summed E-state index contributed by atoms with van der Waals surface area (Å²) in [4.78, 5) is 19.4. The Labute approximate surface area is 209 Å². The van der Waals surface area contributed by atoms with Crippen LogP contribution in [0, 0.1) is 19.7 Å². The van der Waals surface area contributed by atoms with Crippen LogP contribution in [0.1, 0.15) is 45.6 Å². The van der Waals surface area contributed by atoms with Crippen molar-refractivity contribution < 1.29 is 18.7 Å². The molecule has 2 aliphatic rings. The van der Waals surface area contributed by atoms with Gasteiger partial charge in [-0.2, -0.15) is 0 Å². The van der Waals surface area contributed by atoms with Crippen LogP contribution in [0.2, 0.25) is 5.02 Å². The minimum atomic E-state index is -0.297. The number of aryl methyl sites for hydroxylation is 1. The molecule has 182 valence electrons. The van der Waals surface area contributed by atoms with Gasteiger partial charge in [-0.1, -0.05) is 23.7 Å². The molecular formula is C28H28ClFN2O3. The third kappa shape index (κ3) is 4.91. The van der Waals surface area contributed by atoms with E-state index >= 15 is 4.39 Å². The average Bonchev–Trinajstić information content (AvgIpc) is 3.30. The molecule has 2 aromatic carbocycles. The Kier molecular flexibility index (Phi) is 6.76. The molecule has 1 fully saturated rings. The number of hydrogen-bond donors (Lipinski definition) is 0. The lowest BCUT2D eigenvalue weighted by molar-refractivity contribution is 0.0519. The van der Waals surface area contributed by atoms with Crippen LogP contribution in [-0.2, 0) is 11.2 Å². The minimum absolute atomic E-state index is 0.0616. The molecule has 1 saturated heterocycles. The number of pyridine rings is 1. The molecule has 2 aliphatic heterocycles. The Balaban J connectivity index is 1.43. The molecule has 1 amide bonds. The van der Waals surface area contributed by atoms with Gasteiger partial charge in [-0.05, 0) is 79.6 Å². The zero-order valence-corrected chi connectivity index (χ0v) is 20.7. The molecule has 3 heterocycles. The second-order valence-corrected chi connectivity index (χ2v) is 9.64. The van der Waals surface area contributed by atoms with Crippen molar-refractivity contribution >= 4 is 17.5 Å². The molecule has 1 aromatic heterocycles. The molecule has 1 atom stereocenters. The van der Waals surface area contributed by atoms with Gasteiger partial charge in [0.05, 0.1) is 23.2 Å². The summed E-state index contributed by atoms with van der Waals surface area (Å²) in [5.74, 6) is 0.0295. The summed E-state index contributed by atoms with van der Waals surface area (Å²) < 4.78 is 26.7. The monoisotopic (exact) mass is 494 g/mol. The van der Waals surface area contributed by atoms with E-state index in [2.05, 4.69) is 4.98 Å². The predicted octanol–water partition coefficient (Wildman–Crippen LogP) is 5.76. The molecule has 1 unspecified atom stereocenters. The van der Waals surface area contributed by atoms with Gasteiger partial charge in [0.25, 0.3) is 5.91 Å². The fourth-order valence-corrected chi connectivity index (χ4v) is 5.11. The van der Waals surface area contributed by atoms with Gasteiger partial charge in [-0.3, -0.25) is 9.78 Å². The first kappa shape index (κ1) is 23.8. The summed E-state index contributed by atoms with van der Waals surface area (Å²) in [6.45, 7) is 5.94. The maximum absolute atomic E-state index is 15.0. The van der Waals surface area contributed by atoms with E-state index in [1.165, 1.54) is 0 Å². The lowest BCUT2D eigenvalue weighted by atomic mass is 9.95. The van der Waals surface area contributed by atoms with E-state index in [1.54, 1.807) is 29.3 Å². The van der Waals surface area contributed by atoms with Gasteiger partial charge in [0.2, 0.25) is 0 Å². The number of hydrogen-bond acceptors (Lipinski definition) is 4. The van der Waals surface area contributed by atoms with E-state index in [0.29, 0.717) is 48.0 Å². The molecular weight excluding hydrogens is 467 g/mol. The number of fused-ring (bicyclic) bond motifs is 1. The first-order valence-corrected chi connectivity index (χ1v) is 12.4. The van der Waals surface area contributed by atoms with Crippen molar-refractivity contribution in [2.75, 3.05) is 26.3 Å². The van der Waals surface area contributed by atoms with Crippen LogP contribution < -0.4 is 4.74 Å². The Hall–Kier alpha value is -2.96. The molecule has 0 aliphatic carbocycles. The number of halogens is 2. The van der Waals surface area contributed by atoms with Crippen molar-refractivity contribution in [2.24, 2.45) is 0 Å². The molecule has 0 radical (unpaired) electrons. The maximum atomic E-state index is 15.0. The van der Waals surface area contributed by atoms with Gasteiger partial charge < -0.3 is 14.4 Å². The molecule has 7 heteroatoms. The van der Waals surface area contributed by atoms with Crippen LogP contribution in [0.25, 0.3) is 11.1 Å². The lowest BCUT2D eigenvalue weighted by Crippen LogP contribution is -2.38. The van der Waals surface area contributed by atoms with Crippen molar-refractivity contribution in [1.29, 1.82) is 0 Å². The lowest BCUT2D eigenvalue weighted by Gasteiger charge is -2.23. The zero-order chi connectivity index (χ0) is 24.5. The van der Waals surface area contributed by atoms with Crippen molar-refractivity contribution in [3.8, 4) is 16.9 Å². The number of nitrogens with zero attached hydrogens (tertiary/aromatic N) is 2. The highest BCUT2D eigenvalue weighted by atomic mass is 35.5. The molecule has 3 aromatic rings. The average molecular weight is 495 g/mol. The topological polar surface area (TPSA) is 51.7 Å². The van der Waals surface area contributed by atoms with Crippen LogP contribution in [0.3, 0.4) is 0 Å². The second kappa shape index (κ2) is 9.96. The Morgan fingerprint density at radius 1 is 1.14 bits per heavy atom. The smallest absolute Gasteiger partial charge is 0.257 e. The van der Waals surface area contributed by atoms with Gasteiger partial charge in [0.1, 0.15) is 12.4 Å². The Morgan fingerprint density at radius 3 is 2.74 bits per heavy atom. The van der Waals surface area contributed by atoms with Gasteiger partial charge >= 0.3 is 0 Å². The number of carbonyl (C=O) groups is 1. The van der Waals surface area contributed by atoms with Crippen molar-refractivity contribution in [1.82, 2.24) is 9.88 Å². The Bertz CT molecular complexity index is 1270. The van der Waals surface area contributed by atoms with E-state index in [0.717, 1.165) is 47.4 Å². The minimum Gasteiger partial charge on any atom is -0.489 e. The highest BCUT2D eigenvalue weighted by Gasteiger charge is 2.30. The van der Waals surface area contributed by atoms with E-state index in [-0.39, 0.29) is 17.8 Å². The third-order valence-electron chi connectivity index (χ3n) is 6.78. The molecule has 0 spiro atoms. The first-order valence-electron chi connectivity index (χ1n) is 12.0. The van der Waals surface area contributed by atoms with E-state index in [9.17, 15) is 4.79 Å². The van der Waals surface area contributed by atoms with Crippen LogP contribution >= 0.6 is 11.6 Å². The van der Waals surface area contributed by atoms with E-state index in [1.807, 2.05) is 32.0 Å². The highest BCUT2D eigenvalue weighted by Crippen LogP contribution is 2.37. The summed E-state index contributed by atoms with van der Waals surface area (Å²) >= 11 is 6.69. The van der Waals surface area contributed by atoms with Gasteiger partial charge in [0.15, 0.2) is 5.75 Å². The van der Waals surface area contributed by atoms with Crippen LogP contribution in [0.4, 0.5) is 4.39 Å². The Morgan fingerprint density at radius 2 is 2.00 bits per heavy atom. The fourth-order valence-electron chi connectivity index (χ4n) is 4.83. The first-order chi connectivity index (χ1) is 16.9. The molecule has 0 bridgehead atoms. The zero-order valence-electron chi connectivity index (χ0n) is 19.9. The summed E-state index contributed by atoms with van der Waals surface area (Å²) in [5, 5.41) is 0.439. The quantitative estimate of drug-likeness (QED) is 0.452. The van der Waals surface area contributed by atoms with E-state index in [4.69, 9.17) is 21.1 Å². The summed E-state index contributed by atoms with van der Waals surface area (Å²) in [7, 11) is 0. The molecule has 0 N–H and O–H groups in total.